The molecule has 0 N–H and O–H groups in total. The van der Waals surface area contributed by atoms with Gasteiger partial charge < -0.3 is 9.15 Å². The number of likely N-dealkylation sites (tertiary alicyclic amines) is 1. The van der Waals surface area contributed by atoms with Crippen molar-refractivity contribution in [3.8, 4) is 0 Å². The highest BCUT2D eigenvalue weighted by Crippen LogP contribution is 2.47. The van der Waals surface area contributed by atoms with Crippen molar-refractivity contribution in [3.05, 3.63) is 23.7 Å². The van der Waals surface area contributed by atoms with Crippen LogP contribution in [0.1, 0.15) is 43.6 Å². The first-order valence-electron chi connectivity index (χ1n) is 9.41. The van der Waals surface area contributed by atoms with Crippen LogP contribution in [0.2, 0.25) is 0 Å². The van der Waals surface area contributed by atoms with Crippen LogP contribution in [0.25, 0.3) is 0 Å². The molecule has 2 saturated heterocycles. The molecule has 3 aliphatic rings. The van der Waals surface area contributed by atoms with Crippen molar-refractivity contribution in [3.63, 3.8) is 0 Å². The van der Waals surface area contributed by atoms with Gasteiger partial charge in [-0.3, -0.25) is 4.90 Å². The molecule has 3 heterocycles. The van der Waals surface area contributed by atoms with Gasteiger partial charge >= 0.3 is 0 Å². The lowest BCUT2D eigenvalue weighted by Gasteiger charge is -2.36. The van der Waals surface area contributed by atoms with E-state index in [0.717, 1.165) is 36.8 Å². The van der Waals surface area contributed by atoms with Crippen molar-refractivity contribution < 1.29 is 17.6 Å². The van der Waals surface area contributed by atoms with Gasteiger partial charge in [0.15, 0.2) is 0 Å². The van der Waals surface area contributed by atoms with Gasteiger partial charge in [0.1, 0.15) is 11.5 Å². The lowest BCUT2D eigenvalue weighted by Crippen LogP contribution is -2.50. The number of morpholine rings is 1. The lowest BCUT2D eigenvalue weighted by molar-refractivity contribution is 0.0718. The Labute approximate surface area is 150 Å². The number of furan rings is 1. The number of ether oxygens (including phenoxy) is 1. The van der Waals surface area contributed by atoms with Crippen LogP contribution in [0, 0.1) is 5.92 Å². The van der Waals surface area contributed by atoms with Crippen LogP contribution in [-0.2, 0) is 21.3 Å². The summed E-state index contributed by atoms with van der Waals surface area (Å²) in [5, 5.41) is -0.308. The molecule has 0 spiro atoms. The van der Waals surface area contributed by atoms with Crippen molar-refractivity contribution in [2.45, 2.75) is 43.9 Å². The van der Waals surface area contributed by atoms with Crippen molar-refractivity contribution in [2.24, 2.45) is 5.92 Å². The highest BCUT2D eigenvalue weighted by Gasteiger charge is 2.38. The van der Waals surface area contributed by atoms with Gasteiger partial charge in [-0.25, -0.2) is 8.42 Å². The summed E-state index contributed by atoms with van der Waals surface area (Å²) in [4.78, 5) is 2.23. The molecule has 1 aromatic rings. The first-order valence-corrected chi connectivity index (χ1v) is 10.9. The maximum atomic E-state index is 12.9. The Hall–Kier alpha value is -0.890. The van der Waals surface area contributed by atoms with E-state index in [1.807, 2.05) is 0 Å². The molecular formula is C18H28N2O4S. The molecule has 3 fully saturated rings. The maximum Gasteiger partial charge on any atom is 0.218 e. The van der Waals surface area contributed by atoms with Crippen LogP contribution >= 0.6 is 0 Å². The largest absolute Gasteiger partial charge is 0.464 e. The Morgan fingerprint density at radius 2 is 1.96 bits per heavy atom. The summed E-state index contributed by atoms with van der Waals surface area (Å²) in [7, 11) is -3.23. The quantitative estimate of drug-likeness (QED) is 0.796. The Kier molecular flexibility index (Phi) is 4.92. The van der Waals surface area contributed by atoms with Crippen molar-refractivity contribution >= 4 is 10.0 Å². The molecule has 1 aromatic heterocycles. The average Bonchev–Trinajstić information content (AvgIpc) is 3.17. The van der Waals surface area contributed by atoms with E-state index in [1.54, 1.807) is 4.31 Å². The number of piperidine rings is 1. The molecule has 0 amide bonds. The molecule has 0 radical (unpaired) electrons. The van der Waals surface area contributed by atoms with E-state index in [2.05, 4.69) is 24.0 Å². The van der Waals surface area contributed by atoms with E-state index in [9.17, 15) is 8.42 Å². The van der Waals surface area contributed by atoms with Crippen LogP contribution in [0.15, 0.2) is 16.5 Å². The minimum atomic E-state index is -3.23. The number of sulfonamides is 1. The molecular weight excluding hydrogens is 340 g/mol. The van der Waals surface area contributed by atoms with Crippen molar-refractivity contribution in [1.29, 1.82) is 0 Å². The Morgan fingerprint density at radius 3 is 2.68 bits per heavy atom. The number of rotatable bonds is 5. The molecule has 140 valence electrons. The van der Waals surface area contributed by atoms with Gasteiger partial charge in [0.05, 0.1) is 25.0 Å². The van der Waals surface area contributed by atoms with Gasteiger partial charge in [0.25, 0.3) is 0 Å². The molecule has 3 unspecified atom stereocenters. The summed E-state index contributed by atoms with van der Waals surface area (Å²) in [5.41, 5.74) is 0. The molecule has 2 aliphatic heterocycles. The second kappa shape index (κ2) is 7.02. The maximum absolute atomic E-state index is 12.9. The predicted molar refractivity (Wildman–Crippen MR) is 94.8 cm³/mol. The minimum absolute atomic E-state index is 0.308. The topological polar surface area (TPSA) is 63.0 Å². The van der Waals surface area contributed by atoms with E-state index in [1.165, 1.54) is 6.42 Å². The predicted octanol–water partition coefficient (Wildman–Crippen LogP) is 2.03. The zero-order chi connectivity index (χ0) is 17.4. The second-order valence-electron chi connectivity index (χ2n) is 7.68. The van der Waals surface area contributed by atoms with Gasteiger partial charge in [0, 0.05) is 25.6 Å². The van der Waals surface area contributed by atoms with E-state index in [-0.39, 0.29) is 5.25 Å². The Morgan fingerprint density at radius 1 is 1.20 bits per heavy atom. The normalized spacial score (nSPS) is 32.0. The number of hydrogen-bond acceptors (Lipinski definition) is 5. The van der Waals surface area contributed by atoms with Gasteiger partial charge in [-0.15, -0.1) is 0 Å². The zero-order valence-electron chi connectivity index (χ0n) is 14.9. The summed E-state index contributed by atoms with van der Waals surface area (Å²) < 4.78 is 38.7. The number of hydrogen-bond donors (Lipinski definition) is 0. The van der Waals surface area contributed by atoms with Crippen LogP contribution in [0.4, 0.5) is 0 Å². The van der Waals surface area contributed by atoms with Gasteiger partial charge in [-0.1, -0.05) is 6.92 Å². The first-order chi connectivity index (χ1) is 12.0. The lowest BCUT2D eigenvalue weighted by atomic mass is 10.1. The summed E-state index contributed by atoms with van der Waals surface area (Å²) >= 11 is 0. The SMILES string of the molecule is CC1CC1c1ccc(CN2CCCC(S(=O)(=O)N3CCOCC3)C2)o1. The van der Waals surface area contributed by atoms with E-state index >= 15 is 0 Å². The molecule has 3 atom stereocenters. The molecule has 7 heteroatoms. The van der Waals surface area contributed by atoms with Crippen LogP contribution in [-0.4, -0.2) is 62.3 Å². The summed E-state index contributed by atoms with van der Waals surface area (Å²) in [6, 6.07) is 4.15. The van der Waals surface area contributed by atoms with Crippen LogP contribution in [0.3, 0.4) is 0 Å². The summed E-state index contributed by atoms with van der Waals surface area (Å²) in [6.07, 6.45) is 2.89. The molecule has 1 aliphatic carbocycles. The van der Waals surface area contributed by atoms with Crippen LogP contribution < -0.4 is 0 Å². The van der Waals surface area contributed by atoms with Crippen molar-refractivity contribution in [1.82, 2.24) is 9.21 Å². The fraction of sp³-hybridized carbons (Fsp3) is 0.778. The number of nitrogens with zero attached hydrogens (tertiary/aromatic N) is 2. The smallest absolute Gasteiger partial charge is 0.218 e. The Balaban J connectivity index is 1.38. The van der Waals surface area contributed by atoms with Gasteiger partial charge in [-0.2, -0.15) is 4.31 Å². The summed E-state index contributed by atoms with van der Waals surface area (Å²) in [5.74, 6) is 3.37. The van der Waals surface area contributed by atoms with Gasteiger partial charge in [0.2, 0.25) is 10.0 Å². The van der Waals surface area contributed by atoms with Gasteiger partial charge in [-0.05, 0) is 43.9 Å². The highest BCUT2D eigenvalue weighted by atomic mass is 32.2. The monoisotopic (exact) mass is 368 g/mol. The molecule has 0 bridgehead atoms. The third kappa shape index (κ3) is 3.79. The molecule has 0 aromatic carbocycles. The Bertz CT molecular complexity index is 696. The van der Waals surface area contributed by atoms with E-state index in [4.69, 9.17) is 9.15 Å². The average molecular weight is 368 g/mol. The standard InChI is InChI=1S/C18H28N2O4S/c1-14-11-17(14)18-5-4-15(24-18)12-19-6-2-3-16(13-19)25(21,22)20-7-9-23-10-8-20/h4-5,14,16-17H,2-3,6-13H2,1H3. The fourth-order valence-corrected chi connectivity index (χ4v) is 5.97. The fourth-order valence-electron chi connectivity index (χ4n) is 4.03. The summed E-state index contributed by atoms with van der Waals surface area (Å²) in [6.45, 7) is 6.46. The second-order valence-corrected chi connectivity index (χ2v) is 9.89. The third-order valence-electron chi connectivity index (χ3n) is 5.75. The van der Waals surface area contributed by atoms with E-state index in [0.29, 0.717) is 45.3 Å². The molecule has 6 nitrogen and oxygen atoms in total. The van der Waals surface area contributed by atoms with E-state index < -0.39 is 10.0 Å². The zero-order valence-corrected chi connectivity index (χ0v) is 15.7. The van der Waals surface area contributed by atoms with Crippen LogP contribution in [0.5, 0.6) is 0 Å². The third-order valence-corrected chi connectivity index (χ3v) is 8.06. The highest BCUT2D eigenvalue weighted by molar-refractivity contribution is 7.89. The minimum Gasteiger partial charge on any atom is -0.464 e. The molecule has 4 rings (SSSR count). The molecule has 1 saturated carbocycles. The molecule has 25 heavy (non-hydrogen) atoms. The van der Waals surface area contributed by atoms with Crippen molar-refractivity contribution in [2.75, 3.05) is 39.4 Å². The first kappa shape index (κ1) is 17.5.